The van der Waals surface area contributed by atoms with Gasteiger partial charge in [-0.3, -0.25) is 9.58 Å². The van der Waals surface area contributed by atoms with E-state index in [1.165, 1.54) is 11.3 Å². The van der Waals surface area contributed by atoms with Crippen molar-refractivity contribution in [2.75, 3.05) is 37.6 Å². The molecule has 1 aromatic heterocycles. The third-order valence-electron chi connectivity index (χ3n) is 5.48. The van der Waals surface area contributed by atoms with Crippen LogP contribution in [0.1, 0.15) is 5.56 Å². The predicted octanol–water partition coefficient (Wildman–Crippen LogP) is 3.70. The van der Waals surface area contributed by atoms with Gasteiger partial charge in [0.05, 0.1) is 18.3 Å². The number of para-hydroxylation sites is 1. The molecule has 0 bridgehead atoms. The van der Waals surface area contributed by atoms with E-state index < -0.39 is 6.10 Å². The maximum absolute atomic E-state index is 10.6. The van der Waals surface area contributed by atoms with Crippen LogP contribution in [0.5, 0.6) is 0 Å². The number of β-amino-alcohol motifs (C(OH)–C–C–N with tert-alkyl or cyclic N) is 1. The lowest BCUT2D eigenvalue weighted by Gasteiger charge is -2.37. The molecule has 0 radical (unpaired) electrons. The van der Waals surface area contributed by atoms with Gasteiger partial charge in [-0.25, -0.2) is 0 Å². The van der Waals surface area contributed by atoms with Crippen molar-refractivity contribution >= 4 is 17.3 Å². The maximum atomic E-state index is 10.6. The van der Waals surface area contributed by atoms with E-state index in [2.05, 4.69) is 46.1 Å². The molecule has 2 aromatic carbocycles. The molecule has 6 heteroatoms. The SMILES string of the molecule is Cc1ccccc1N1CCN(CC(O)Cn2ccc(-c3ccc(Cl)cc3)n2)CC1. The molecule has 2 heterocycles. The fourth-order valence-electron chi connectivity index (χ4n) is 3.90. The van der Waals surface area contributed by atoms with E-state index in [-0.39, 0.29) is 0 Å². The van der Waals surface area contributed by atoms with E-state index in [0.29, 0.717) is 18.1 Å². The molecule has 0 spiro atoms. The molecule has 0 aliphatic carbocycles. The second-order valence-electron chi connectivity index (χ2n) is 7.66. The summed E-state index contributed by atoms with van der Waals surface area (Å²) < 4.78 is 1.82. The highest BCUT2D eigenvalue weighted by Crippen LogP contribution is 2.21. The molecule has 152 valence electrons. The van der Waals surface area contributed by atoms with Crippen LogP contribution in [-0.4, -0.2) is 58.6 Å². The van der Waals surface area contributed by atoms with Crippen LogP contribution < -0.4 is 4.90 Å². The zero-order valence-corrected chi connectivity index (χ0v) is 17.5. The highest BCUT2D eigenvalue weighted by atomic mass is 35.5. The van der Waals surface area contributed by atoms with Gasteiger partial charge in [0.15, 0.2) is 0 Å². The van der Waals surface area contributed by atoms with Gasteiger partial charge < -0.3 is 10.0 Å². The number of aliphatic hydroxyl groups is 1. The summed E-state index contributed by atoms with van der Waals surface area (Å²) in [7, 11) is 0. The van der Waals surface area contributed by atoms with Crippen molar-refractivity contribution in [3.05, 3.63) is 71.4 Å². The minimum atomic E-state index is -0.446. The Morgan fingerprint density at radius 2 is 1.69 bits per heavy atom. The molecule has 5 nitrogen and oxygen atoms in total. The molecule has 1 aliphatic heterocycles. The summed E-state index contributed by atoms with van der Waals surface area (Å²) in [4.78, 5) is 4.77. The zero-order valence-electron chi connectivity index (χ0n) is 16.7. The minimum Gasteiger partial charge on any atom is -0.390 e. The van der Waals surface area contributed by atoms with Crippen molar-refractivity contribution in [2.45, 2.75) is 19.6 Å². The van der Waals surface area contributed by atoms with E-state index in [1.807, 2.05) is 41.2 Å². The molecular formula is C23H27ClN4O. The molecule has 1 atom stereocenters. The van der Waals surface area contributed by atoms with Gasteiger partial charge in [-0.1, -0.05) is 41.9 Å². The van der Waals surface area contributed by atoms with E-state index in [4.69, 9.17) is 11.6 Å². The third kappa shape index (κ3) is 4.99. The van der Waals surface area contributed by atoms with Crippen LogP contribution in [0.2, 0.25) is 5.02 Å². The van der Waals surface area contributed by atoms with Crippen LogP contribution in [0.25, 0.3) is 11.3 Å². The smallest absolute Gasteiger partial charge is 0.0923 e. The van der Waals surface area contributed by atoms with Crippen LogP contribution in [0.15, 0.2) is 60.8 Å². The highest BCUT2D eigenvalue weighted by Gasteiger charge is 2.20. The summed E-state index contributed by atoms with van der Waals surface area (Å²) >= 11 is 5.95. The van der Waals surface area contributed by atoms with Crippen LogP contribution in [0.4, 0.5) is 5.69 Å². The van der Waals surface area contributed by atoms with E-state index in [9.17, 15) is 5.11 Å². The summed E-state index contributed by atoms with van der Waals surface area (Å²) in [6.45, 7) is 7.21. The Kier molecular flexibility index (Phi) is 6.19. The Hall–Kier alpha value is -2.34. The number of hydrogen-bond acceptors (Lipinski definition) is 4. The quantitative estimate of drug-likeness (QED) is 0.673. The average Bonchev–Trinajstić information content (AvgIpc) is 3.18. The first-order chi connectivity index (χ1) is 14.1. The Labute approximate surface area is 177 Å². The van der Waals surface area contributed by atoms with Crippen molar-refractivity contribution < 1.29 is 5.11 Å². The first-order valence-corrected chi connectivity index (χ1v) is 10.5. The molecule has 3 aromatic rings. The molecule has 0 saturated carbocycles. The lowest BCUT2D eigenvalue weighted by Crippen LogP contribution is -2.49. The summed E-state index contributed by atoms with van der Waals surface area (Å²) in [5.41, 5.74) is 4.55. The minimum absolute atomic E-state index is 0.446. The lowest BCUT2D eigenvalue weighted by molar-refractivity contribution is 0.0921. The maximum Gasteiger partial charge on any atom is 0.0923 e. The molecule has 1 aliphatic rings. The number of aromatic nitrogens is 2. The van der Waals surface area contributed by atoms with Crippen molar-refractivity contribution in [1.82, 2.24) is 14.7 Å². The van der Waals surface area contributed by atoms with Gasteiger partial charge in [-0.05, 0) is 36.8 Å². The van der Waals surface area contributed by atoms with Crippen LogP contribution in [-0.2, 0) is 6.54 Å². The van der Waals surface area contributed by atoms with Crippen LogP contribution in [0, 0.1) is 6.92 Å². The number of anilines is 1. The predicted molar refractivity (Wildman–Crippen MR) is 119 cm³/mol. The van der Waals surface area contributed by atoms with Gasteiger partial charge in [-0.2, -0.15) is 5.10 Å². The Balaban J connectivity index is 1.28. The van der Waals surface area contributed by atoms with Crippen molar-refractivity contribution in [1.29, 1.82) is 0 Å². The number of nitrogens with zero attached hydrogens (tertiary/aromatic N) is 4. The van der Waals surface area contributed by atoms with Crippen LogP contribution in [0.3, 0.4) is 0 Å². The molecule has 0 amide bonds. The summed E-state index contributed by atoms with van der Waals surface area (Å²) in [6, 6.07) is 18.1. The Bertz CT molecular complexity index is 932. The number of rotatable bonds is 6. The van der Waals surface area contributed by atoms with Crippen molar-refractivity contribution in [3.8, 4) is 11.3 Å². The molecule has 29 heavy (non-hydrogen) atoms. The number of piperazine rings is 1. The number of benzene rings is 2. The van der Waals surface area contributed by atoms with Gasteiger partial charge in [0.1, 0.15) is 0 Å². The highest BCUT2D eigenvalue weighted by molar-refractivity contribution is 6.30. The Morgan fingerprint density at radius 1 is 0.966 bits per heavy atom. The molecule has 1 N–H and O–H groups in total. The van der Waals surface area contributed by atoms with Gasteiger partial charge in [0, 0.05) is 55.2 Å². The number of aryl methyl sites for hydroxylation is 1. The van der Waals surface area contributed by atoms with Gasteiger partial charge in [0.2, 0.25) is 0 Å². The first-order valence-electron chi connectivity index (χ1n) is 10.1. The van der Waals surface area contributed by atoms with Gasteiger partial charge in [-0.15, -0.1) is 0 Å². The van der Waals surface area contributed by atoms with Crippen molar-refractivity contribution in [2.24, 2.45) is 0 Å². The monoisotopic (exact) mass is 410 g/mol. The van der Waals surface area contributed by atoms with Gasteiger partial charge >= 0.3 is 0 Å². The van der Waals surface area contributed by atoms with Crippen LogP contribution >= 0.6 is 11.6 Å². The van der Waals surface area contributed by atoms with E-state index >= 15 is 0 Å². The second kappa shape index (κ2) is 8.99. The standard InChI is InChI=1S/C23H27ClN4O/c1-18-4-2-3-5-23(18)27-14-12-26(13-15-27)16-21(29)17-28-11-10-22(25-28)19-6-8-20(24)9-7-19/h2-11,21,29H,12-17H2,1H3. The largest absolute Gasteiger partial charge is 0.390 e. The number of aliphatic hydroxyl groups excluding tert-OH is 1. The van der Waals surface area contributed by atoms with E-state index in [1.54, 1.807) is 0 Å². The summed E-state index contributed by atoms with van der Waals surface area (Å²) in [5, 5.41) is 15.9. The molecule has 1 unspecified atom stereocenters. The third-order valence-corrected chi connectivity index (χ3v) is 5.73. The lowest BCUT2D eigenvalue weighted by atomic mass is 10.1. The fourth-order valence-corrected chi connectivity index (χ4v) is 4.03. The fraction of sp³-hybridized carbons (Fsp3) is 0.348. The topological polar surface area (TPSA) is 44.5 Å². The van der Waals surface area contributed by atoms with Gasteiger partial charge in [0.25, 0.3) is 0 Å². The summed E-state index contributed by atoms with van der Waals surface area (Å²) in [6.07, 6.45) is 1.47. The van der Waals surface area contributed by atoms with E-state index in [0.717, 1.165) is 37.4 Å². The average molecular weight is 411 g/mol. The molecule has 4 rings (SSSR count). The summed E-state index contributed by atoms with van der Waals surface area (Å²) in [5.74, 6) is 0. The Morgan fingerprint density at radius 3 is 2.41 bits per heavy atom. The second-order valence-corrected chi connectivity index (χ2v) is 8.09. The molecule has 1 saturated heterocycles. The zero-order chi connectivity index (χ0) is 20.2. The molecule has 1 fully saturated rings. The first kappa shape index (κ1) is 20.0. The molecular weight excluding hydrogens is 384 g/mol. The van der Waals surface area contributed by atoms with Crippen molar-refractivity contribution in [3.63, 3.8) is 0 Å². The number of hydrogen-bond donors (Lipinski definition) is 1. The normalized spacial score (nSPS) is 16.2. The number of halogens is 1.